The van der Waals surface area contributed by atoms with E-state index in [0.717, 1.165) is 25.0 Å². The summed E-state index contributed by atoms with van der Waals surface area (Å²) in [6, 6.07) is 18.5. The van der Waals surface area contributed by atoms with Crippen LogP contribution >= 0.6 is 0 Å². The van der Waals surface area contributed by atoms with E-state index in [1.165, 1.54) is 16.7 Å². The molecule has 0 aromatic heterocycles. The molecular formula is C23H28O2. The van der Waals surface area contributed by atoms with Gasteiger partial charge in [-0.25, -0.2) is 0 Å². The minimum atomic E-state index is -0.253. The second-order valence-corrected chi connectivity index (χ2v) is 7.71. The fourth-order valence-corrected chi connectivity index (χ4v) is 3.73. The number of hydrogen-bond acceptors (Lipinski definition) is 2. The van der Waals surface area contributed by atoms with Gasteiger partial charge in [0.2, 0.25) is 0 Å². The van der Waals surface area contributed by atoms with E-state index in [-0.39, 0.29) is 11.5 Å². The highest BCUT2D eigenvalue weighted by Gasteiger charge is 2.41. The topological polar surface area (TPSA) is 29.5 Å². The van der Waals surface area contributed by atoms with Gasteiger partial charge in [0, 0.05) is 0 Å². The van der Waals surface area contributed by atoms with Gasteiger partial charge in [-0.1, -0.05) is 68.5 Å². The molecule has 0 heterocycles. The summed E-state index contributed by atoms with van der Waals surface area (Å²) in [4.78, 5) is 0. The lowest BCUT2D eigenvalue weighted by Crippen LogP contribution is -2.42. The smallest absolute Gasteiger partial charge is 0.119 e. The molecule has 25 heavy (non-hydrogen) atoms. The van der Waals surface area contributed by atoms with Crippen molar-refractivity contribution in [2.45, 2.75) is 45.8 Å². The third kappa shape index (κ3) is 4.13. The zero-order valence-electron chi connectivity index (χ0n) is 15.2. The average Bonchev–Trinajstić information content (AvgIpc) is 2.62. The van der Waals surface area contributed by atoms with Crippen LogP contribution in [0.15, 0.2) is 66.7 Å². The molecule has 1 fully saturated rings. The lowest BCUT2D eigenvalue weighted by atomic mass is 9.63. The third-order valence-corrected chi connectivity index (χ3v) is 5.60. The molecule has 0 amide bonds. The van der Waals surface area contributed by atoms with Crippen molar-refractivity contribution in [2.75, 3.05) is 0 Å². The summed E-state index contributed by atoms with van der Waals surface area (Å²) in [6.07, 6.45) is 2.42. The predicted molar refractivity (Wildman–Crippen MR) is 103 cm³/mol. The molecule has 2 aromatic carbocycles. The number of rotatable bonds is 5. The Kier molecular flexibility index (Phi) is 5.29. The molecule has 0 saturated heterocycles. The summed E-state index contributed by atoms with van der Waals surface area (Å²) < 4.78 is 5.86. The first-order valence-electron chi connectivity index (χ1n) is 9.08. The van der Waals surface area contributed by atoms with Crippen LogP contribution in [0.3, 0.4) is 0 Å². The molecular weight excluding hydrogens is 308 g/mol. The van der Waals surface area contributed by atoms with Crippen molar-refractivity contribution in [1.82, 2.24) is 0 Å². The normalized spacial score (nSPS) is 22.6. The second-order valence-electron chi connectivity index (χ2n) is 7.71. The maximum Gasteiger partial charge on any atom is 0.119 e. The molecule has 2 heteroatoms. The van der Waals surface area contributed by atoms with E-state index in [0.29, 0.717) is 12.5 Å². The number of hydrogen-bond donors (Lipinski definition) is 1. The molecule has 0 radical (unpaired) electrons. The summed E-state index contributed by atoms with van der Waals surface area (Å²) in [5.74, 6) is 1.20. The molecule has 0 unspecified atom stereocenters. The van der Waals surface area contributed by atoms with E-state index in [2.05, 4.69) is 44.7 Å². The number of aliphatic hydroxyl groups excluding tert-OH is 1. The number of aliphatic hydroxyl groups is 1. The van der Waals surface area contributed by atoms with Crippen molar-refractivity contribution in [3.63, 3.8) is 0 Å². The van der Waals surface area contributed by atoms with Crippen molar-refractivity contribution in [3.8, 4) is 5.75 Å². The van der Waals surface area contributed by atoms with Crippen molar-refractivity contribution >= 4 is 0 Å². The lowest BCUT2D eigenvalue weighted by molar-refractivity contribution is -0.00632. The zero-order valence-corrected chi connectivity index (χ0v) is 15.2. The van der Waals surface area contributed by atoms with Gasteiger partial charge >= 0.3 is 0 Å². The highest BCUT2D eigenvalue weighted by Crippen LogP contribution is 2.44. The lowest BCUT2D eigenvalue weighted by Gasteiger charge is -2.44. The van der Waals surface area contributed by atoms with Crippen LogP contribution in [-0.4, -0.2) is 11.2 Å². The number of ether oxygens (including phenoxy) is 1. The first kappa shape index (κ1) is 17.8. The molecule has 2 aromatic rings. The Balaban J connectivity index is 1.63. The number of allylic oxidation sites excluding steroid dienone is 1. The van der Waals surface area contributed by atoms with Gasteiger partial charge in [-0.05, 0) is 53.9 Å². The van der Waals surface area contributed by atoms with Crippen LogP contribution in [0.4, 0.5) is 0 Å². The summed E-state index contributed by atoms with van der Waals surface area (Å²) in [5, 5.41) is 10.4. The molecule has 0 spiro atoms. The van der Waals surface area contributed by atoms with E-state index < -0.39 is 0 Å². The largest absolute Gasteiger partial charge is 0.489 e. The Labute approximate surface area is 151 Å². The van der Waals surface area contributed by atoms with Crippen LogP contribution in [0.5, 0.6) is 5.75 Å². The maximum atomic E-state index is 10.4. The molecule has 1 saturated carbocycles. The Bertz CT molecular complexity index is 701. The average molecular weight is 336 g/mol. The zero-order chi connectivity index (χ0) is 17.9. The quantitative estimate of drug-likeness (QED) is 0.764. The fourth-order valence-electron chi connectivity index (χ4n) is 3.73. The minimum Gasteiger partial charge on any atom is -0.489 e. The van der Waals surface area contributed by atoms with E-state index in [1.807, 2.05) is 30.3 Å². The highest BCUT2D eigenvalue weighted by molar-refractivity contribution is 5.29. The van der Waals surface area contributed by atoms with Gasteiger partial charge in [0.15, 0.2) is 0 Å². The first-order chi connectivity index (χ1) is 12.0. The molecule has 0 bridgehead atoms. The van der Waals surface area contributed by atoms with E-state index in [1.54, 1.807) is 0 Å². The van der Waals surface area contributed by atoms with Gasteiger partial charge in [-0.3, -0.25) is 0 Å². The molecule has 3 rings (SSSR count). The van der Waals surface area contributed by atoms with Gasteiger partial charge in [-0.2, -0.15) is 0 Å². The highest BCUT2D eigenvalue weighted by atomic mass is 16.5. The summed E-state index contributed by atoms with van der Waals surface area (Å²) in [6.45, 7) is 9.16. The van der Waals surface area contributed by atoms with Crippen molar-refractivity contribution in [2.24, 2.45) is 11.3 Å². The van der Waals surface area contributed by atoms with Gasteiger partial charge in [0.05, 0.1) is 6.10 Å². The standard InChI is InChI=1S/C23H28O2/c1-17-9-14-22(24)23(2,3)21(17)15-18-10-12-20(13-11-18)25-16-19-7-5-4-6-8-19/h4-8,10-13,21-22,24H,1,9,14-16H2,2-3H3/t21-,22+/m1/s1. The Morgan fingerprint density at radius 2 is 1.72 bits per heavy atom. The van der Waals surface area contributed by atoms with Crippen molar-refractivity contribution in [3.05, 3.63) is 77.9 Å². The van der Waals surface area contributed by atoms with Crippen LogP contribution in [0.25, 0.3) is 0 Å². The minimum absolute atomic E-state index is 0.127. The molecule has 0 aliphatic heterocycles. The number of benzene rings is 2. The van der Waals surface area contributed by atoms with Crippen LogP contribution in [0.1, 0.15) is 37.8 Å². The van der Waals surface area contributed by atoms with Gasteiger partial charge < -0.3 is 9.84 Å². The molecule has 132 valence electrons. The molecule has 1 aliphatic rings. The third-order valence-electron chi connectivity index (χ3n) is 5.60. The van der Waals surface area contributed by atoms with Gasteiger partial charge in [-0.15, -0.1) is 0 Å². The second kappa shape index (κ2) is 7.45. The van der Waals surface area contributed by atoms with Crippen LogP contribution in [0.2, 0.25) is 0 Å². The summed E-state index contributed by atoms with van der Waals surface area (Å²) in [7, 11) is 0. The van der Waals surface area contributed by atoms with Gasteiger partial charge in [0.25, 0.3) is 0 Å². The maximum absolute atomic E-state index is 10.4. The molecule has 2 atom stereocenters. The summed E-state index contributed by atoms with van der Waals surface area (Å²) >= 11 is 0. The molecule has 1 N–H and O–H groups in total. The molecule has 2 nitrogen and oxygen atoms in total. The van der Waals surface area contributed by atoms with E-state index in [4.69, 9.17) is 4.74 Å². The van der Waals surface area contributed by atoms with Gasteiger partial charge in [0.1, 0.15) is 12.4 Å². The fraction of sp³-hybridized carbons (Fsp3) is 0.391. The Hall–Kier alpha value is -2.06. The predicted octanol–water partition coefficient (Wildman–Crippen LogP) is 5.16. The van der Waals surface area contributed by atoms with Crippen LogP contribution in [-0.2, 0) is 13.0 Å². The first-order valence-corrected chi connectivity index (χ1v) is 9.08. The van der Waals surface area contributed by atoms with E-state index in [9.17, 15) is 5.11 Å². The molecule has 1 aliphatic carbocycles. The Morgan fingerprint density at radius 3 is 2.40 bits per heavy atom. The summed E-state index contributed by atoms with van der Waals surface area (Å²) in [5.41, 5.74) is 3.57. The SMILES string of the molecule is C=C1CC[C@H](O)C(C)(C)[C@@H]1Cc1ccc(OCc2ccccc2)cc1. The monoisotopic (exact) mass is 336 g/mol. The van der Waals surface area contributed by atoms with E-state index >= 15 is 0 Å². The van der Waals surface area contributed by atoms with Crippen molar-refractivity contribution < 1.29 is 9.84 Å². The van der Waals surface area contributed by atoms with Crippen LogP contribution in [0, 0.1) is 11.3 Å². The van der Waals surface area contributed by atoms with Crippen molar-refractivity contribution in [1.29, 1.82) is 0 Å². The Morgan fingerprint density at radius 1 is 1.04 bits per heavy atom. The van der Waals surface area contributed by atoms with Crippen LogP contribution < -0.4 is 4.74 Å².